The van der Waals surface area contributed by atoms with Gasteiger partial charge in [0.2, 0.25) is 40.4 Å². The predicted octanol–water partition coefficient (Wildman–Crippen LogP) is 3.05. The second-order valence-electron chi connectivity index (χ2n) is 13.8. The number of benzene rings is 4. The molecule has 9 N–H and O–H groups in total. The van der Waals surface area contributed by atoms with Crippen LogP contribution in [0.3, 0.4) is 0 Å². The minimum atomic E-state index is -5.18. The molecule has 39 heteroatoms. The summed E-state index contributed by atoms with van der Waals surface area (Å²) in [4.78, 5) is 47.6. The number of aliphatic carboxylic acids is 1. The summed E-state index contributed by atoms with van der Waals surface area (Å²) in [5.74, 6) is -4.20. The van der Waals surface area contributed by atoms with E-state index >= 15 is 0 Å². The van der Waals surface area contributed by atoms with Crippen LogP contribution in [-0.4, -0.2) is 229 Å². The normalized spacial score (nSPS) is 13.6. The summed E-state index contributed by atoms with van der Waals surface area (Å²) >= 11 is 12.1. The fraction of sp³-hybridized carbons (Fsp3) is 0.0571. The van der Waals surface area contributed by atoms with Crippen molar-refractivity contribution in [2.45, 2.75) is 32.5 Å². The van der Waals surface area contributed by atoms with Gasteiger partial charge in [0.05, 0.1) is 20.4 Å². The molecule has 0 bridgehead atoms. The number of rotatable bonds is 16. The van der Waals surface area contributed by atoms with E-state index < -0.39 is 100 Å². The minimum Gasteiger partial charge on any atom is -0.477 e. The summed E-state index contributed by atoms with van der Waals surface area (Å²) in [6.45, 7) is 1.31. The Morgan fingerprint density at radius 3 is 1.42 bits per heavy atom. The number of hydrogen-bond donors (Lipinski definition) is 9. The molecule has 0 fully saturated rings. The van der Waals surface area contributed by atoms with E-state index in [0.717, 1.165) is 48.5 Å². The zero-order valence-electron chi connectivity index (χ0n) is 38.3. The largest absolute Gasteiger partial charge is 0.477 e. The van der Waals surface area contributed by atoms with Gasteiger partial charge in [0.25, 0.3) is 46.4 Å². The SMILES string of the molecule is Cc1c(Nc2nc(Cl)nc(Nc3ccc(S(=O)(=O)O)cc3)n2)cc(S(=O)(=O)O)cc1N1N=C(C(=O)O)C(N=Nc2ccc(Nc3nc(Cl)nc(Nc4ccc(S(=O)(=O)O)cc4)n3)cc2S(=O)(=O)O)C1=O.[Na].[Na].[Na].[Na]. The van der Waals surface area contributed by atoms with Gasteiger partial charge in [-0.25, -0.2) is 4.79 Å². The van der Waals surface area contributed by atoms with Gasteiger partial charge in [-0.3, -0.25) is 23.0 Å². The Labute approximate surface area is 516 Å². The van der Waals surface area contributed by atoms with Gasteiger partial charge in [0, 0.05) is 141 Å². The minimum absolute atomic E-state index is 0. The number of nitrogens with one attached hydrogen (secondary N) is 4. The number of halogens is 2. The molecule has 0 spiro atoms. The number of aromatic nitrogens is 6. The molecule has 1 unspecified atom stereocenters. The smallest absolute Gasteiger partial charge is 0.355 e. The molecular weight excluding hydrogens is 1150 g/mol. The average Bonchev–Trinajstić information content (AvgIpc) is 3.58. The number of amides is 1. The summed E-state index contributed by atoms with van der Waals surface area (Å²) in [5.41, 5.74) is -2.02. The van der Waals surface area contributed by atoms with Crippen LogP contribution < -0.4 is 26.3 Å². The van der Waals surface area contributed by atoms with Gasteiger partial charge in [-0.1, -0.05) is 0 Å². The van der Waals surface area contributed by atoms with E-state index in [2.05, 4.69) is 66.5 Å². The summed E-state index contributed by atoms with van der Waals surface area (Å²) in [5, 5.41) is 31.7. The molecule has 1 aliphatic rings. The van der Waals surface area contributed by atoms with E-state index in [9.17, 15) is 66.6 Å². The second kappa shape index (κ2) is 25.8. The van der Waals surface area contributed by atoms with Crippen LogP contribution in [0.4, 0.5) is 57.9 Å². The summed E-state index contributed by atoms with van der Waals surface area (Å²) in [6.07, 6.45) is 0. The topological polar surface area (TPSA) is 438 Å². The molecule has 4 radical (unpaired) electrons. The number of hydrazone groups is 1. The maximum Gasteiger partial charge on any atom is 0.355 e. The quantitative estimate of drug-likeness (QED) is 0.0382. The first-order valence-corrected chi connectivity index (χ1v) is 25.0. The first kappa shape index (κ1) is 64.8. The van der Waals surface area contributed by atoms with Crippen molar-refractivity contribution < 1.29 is 66.6 Å². The molecule has 368 valence electrons. The van der Waals surface area contributed by atoms with E-state index in [-0.39, 0.29) is 176 Å². The summed E-state index contributed by atoms with van der Waals surface area (Å²) in [7, 11) is -19.3. The van der Waals surface area contributed by atoms with Gasteiger partial charge in [-0.05, 0) is 115 Å². The first-order valence-electron chi connectivity index (χ1n) is 18.5. The van der Waals surface area contributed by atoms with Crippen molar-refractivity contribution in [3.05, 3.63) is 95.0 Å². The fourth-order valence-corrected chi connectivity index (χ4v) is 8.36. The van der Waals surface area contributed by atoms with Crippen molar-refractivity contribution in [1.82, 2.24) is 29.9 Å². The third-order valence-electron chi connectivity index (χ3n) is 9.06. The number of carboxylic acid groups (broad SMARTS) is 1. The first-order chi connectivity index (χ1) is 32.6. The Balaban J connectivity index is 0.00000361. The predicted molar refractivity (Wildman–Crippen MR) is 266 cm³/mol. The number of carbonyl (C=O) groups is 2. The summed E-state index contributed by atoms with van der Waals surface area (Å²) in [6, 6.07) is 11.9. The van der Waals surface area contributed by atoms with E-state index in [0.29, 0.717) is 5.01 Å². The molecule has 3 heterocycles. The van der Waals surface area contributed by atoms with Gasteiger partial charge in [-0.2, -0.15) is 83.9 Å². The maximum atomic E-state index is 13.9. The van der Waals surface area contributed by atoms with Gasteiger partial charge in [0.1, 0.15) is 10.6 Å². The molecule has 74 heavy (non-hydrogen) atoms. The Morgan fingerprint density at radius 1 is 0.581 bits per heavy atom. The second-order valence-corrected chi connectivity index (χ2v) is 20.1. The monoisotopic (exact) mass is 1170 g/mol. The molecule has 1 atom stereocenters. The van der Waals surface area contributed by atoms with Crippen LogP contribution in [0.5, 0.6) is 0 Å². The van der Waals surface area contributed by atoms with Gasteiger partial charge >= 0.3 is 5.97 Å². The Bertz CT molecular complexity index is 3690. The van der Waals surface area contributed by atoms with Crippen LogP contribution in [-0.2, 0) is 50.1 Å². The molecule has 1 aliphatic heterocycles. The van der Waals surface area contributed by atoms with Crippen LogP contribution in [0, 0.1) is 6.92 Å². The van der Waals surface area contributed by atoms with Crippen LogP contribution in [0.15, 0.2) is 114 Å². The van der Waals surface area contributed by atoms with Crippen LogP contribution in [0.2, 0.25) is 10.6 Å². The molecule has 1 amide bonds. The molecule has 7 rings (SSSR count). The maximum absolute atomic E-state index is 13.9. The van der Waals surface area contributed by atoms with Crippen LogP contribution in [0.1, 0.15) is 5.56 Å². The van der Waals surface area contributed by atoms with Crippen molar-refractivity contribution in [2.75, 3.05) is 26.3 Å². The molecular formula is C35H26Cl2N14Na4O15S4. The van der Waals surface area contributed by atoms with Crippen molar-refractivity contribution in [3.8, 4) is 0 Å². The third-order valence-corrected chi connectivity index (χ3v) is 12.9. The van der Waals surface area contributed by atoms with E-state index in [1.54, 1.807) is 0 Å². The zero-order chi connectivity index (χ0) is 51.1. The van der Waals surface area contributed by atoms with E-state index in [4.69, 9.17) is 23.2 Å². The van der Waals surface area contributed by atoms with Crippen molar-refractivity contribution >= 4 is 257 Å². The van der Waals surface area contributed by atoms with Gasteiger partial charge in [0.15, 0.2) is 5.71 Å². The molecule has 4 aromatic carbocycles. The fourth-order valence-electron chi connectivity index (χ4n) is 5.91. The number of hydrogen-bond acceptors (Lipinski definition) is 23. The zero-order valence-corrected chi connectivity index (χ0v) is 51.0. The van der Waals surface area contributed by atoms with Crippen molar-refractivity contribution in [2.24, 2.45) is 15.3 Å². The third kappa shape index (κ3) is 16.3. The number of nitrogens with zero attached hydrogens (tertiary/aromatic N) is 10. The molecule has 0 saturated carbocycles. The molecule has 29 nitrogen and oxygen atoms in total. The Kier molecular flexibility index (Phi) is 22.6. The van der Waals surface area contributed by atoms with Gasteiger partial charge < -0.3 is 26.4 Å². The van der Waals surface area contributed by atoms with E-state index in [1.165, 1.54) is 37.3 Å². The van der Waals surface area contributed by atoms with E-state index in [1.807, 2.05) is 0 Å². The van der Waals surface area contributed by atoms with Crippen LogP contribution >= 0.6 is 23.2 Å². The molecule has 6 aromatic rings. The standard InChI is InChI=1S/C35H26Cl2N14O15S4.4Na/c1-15-23(41-35-45-31(37)43-33(47-35)39-17-4-9-20(10-5-17)68(58,59)60)13-21(69(61,62)63)14-24(15)51-28(52)26(27(50-51)29(53)54)49-48-22-11-6-18(12-25(22)70(64,65)66)40-34-44-30(36)42-32(46-34)38-16-2-7-19(8-3-16)67(55,56)57;;;;/h2-14,26H,1H3,(H,53,54)(H,55,56,57)(H,58,59,60)(H,61,62,63)(H,64,65,66)(H2,38,40,42,44,46)(H2,39,41,43,45,47);;;;. The number of azo groups is 1. The Morgan fingerprint density at radius 2 is 1.00 bits per heavy atom. The van der Waals surface area contributed by atoms with Crippen LogP contribution in [0.25, 0.3) is 0 Å². The van der Waals surface area contributed by atoms with Crippen molar-refractivity contribution in [1.29, 1.82) is 0 Å². The van der Waals surface area contributed by atoms with Gasteiger partial charge in [-0.15, -0.1) is 0 Å². The molecule has 0 saturated heterocycles. The number of anilines is 9. The Hall–Kier alpha value is -3.47. The number of carbonyl (C=O) groups excluding carboxylic acids is 1. The molecule has 0 aliphatic carbocycles. The number of carboxylic acids is 1. The average molecular weight is 1170 g/mol. The summed E-state index contributed by atoms with van der Waals surface area (Å²) < 4.78 is 134. The molecule has 2 aromatic heterocycles. The van der Waals surface area contributed by atoms with Crippen molar-refractivity contribution in [3.63, 3.8) is 0 Å².